The molecule has 1 heterocycles. The maximum absolute atomic E-state index is 14.2. The normalized spacial score (nSPS) is 44.7. The fraction of sp³-hybridized carbons (Fsp3) is 0.909. The number of carbonyl (C=O) groups is 2. The molecule has 0 amide bonds. The molecule has 0 aromatic rings. The van der Waals surface area contributed by atoms with Crippen molar-refractivity contribution in [2.75, 3.05) is 0 Å². The van der Waals surface area contributed by atoms with E-state index in [1.807, 2.05) is 6.92 Å². The molecule has 6 rings (SSSR count). The van der Waals surface area contributed by atoms with E-state index in [4.69, 9.17) is 9.47 Å². The van der Waals surface area contributed by atoms with Crippen molar-refractivity contribution in [1.29, 1.82) is 0 Å². The second kappa shape index (κ2) is 13.6. The van der Waals surface area contributed by atoms with Crippen molar-refractivity contribution in [3.8, 4) is 0 Å². The first-order valence-corrected chi connectivity index (χ1v) is 20.9. The quantitative estimate of drug-likeness (QED) is 0.112. The molecule has 6 fully saturated rings. The van der Waals surface area contributed by atoms with Gasteiger partial charge in [0.15, 0.2) is 0 Å². The summed E-state index contributed by atoms with van der Waals surface area (Å²) < 4.78 is 12.9. The van der Waals surface area contributed by atoms with Gasteiger partial charge in [0.2, 0.25) is 0 Å². The van der Waals surface area contributed by atoms with Crippen LogP contribution in [0.4, 0.5) is 0 Å². The second-order valence-electron chi connectivity index (χ2n) is 19.6. The fourth-order valence-corrected chi connectivity index (χ4v) is 14.2. The summed E-state index contributed by atoms with van der Waals surface area (Å²) in [5.74, 6) is 1.18. The zero-order valence-electron chi connectivity index (χ0n) is 32.6. The summed E-state index contributed by atoms with van der Waals surface area (Å²) in [6, 6.07) is 0. The summed E-state index contributed by atoms with van der Waals surface area (Å²) in [5, 5.41) is 11.1. The van der Waals surface area contributed by atoms with E-state index in [2.05, 4.69) is 48.1 Å². The number of fused-ring (bicyclic) bond motifs is 5. The first kappa shape index (κ1) is 37.4. The summed E-state index contributed by atoms with van der Waals surface area (Å²) in [4.78, 5) is 27.6. The molecule has 0 aromatic heterocycles. The largest absolute Gasteiger partial charge is 0.461 e. The average Bonchev–Trinajstić information content (AvgIpc) is 3.47. The number of aliphatic hydroxyl groups is 1. The van der Waals surface area contributed by atoms with Gasteiger partial charge in [0, 0.05) is 18.8 Å². The van der Waals surface area contributed by atoms with Crippen LogP contribution in [-0.2, 0) is 19.1 Å². The van der Waals surface area contributed by atoms with E-state index in [9.17, 15) is 14.7 Å². The third-order valence-corrected chi connectivity index (χ3v) is 17.1. The zero-order valence-corrected chi connectivity index (χ0v) is 32.6. The van der Waals surface area contributed by atoms with Crippen LogP contribution < -0.4 is 0 Å². The highest BCUT2D eigenvalue weighted by Crippen LogP contribution is 2.80. The monoisotopic (exact) mass is 681 g/mol. The molecular weight excluding hydrogens is 608 g/mol. The van der Waals surface area contributed by atoms with Gasteiger partial charge in [0.05, 0.1) is 6.10 Å². The molecule has 0 spiro atoms. The Kier molecular flexibility index (Phi) is 10.4. The minimum Gasteiger partial charge on any atom is -0.461 e. The first-order chi connectivity index (χ1) is 23.1. The van der Waals surface area contributed by atoms with Gasteiger partial charge in [-0.2, -0.15) is 0 Å². The van der Waals surface area contributed by atoms with Crippen molar-refractivity contribution in [1.82, 2.24) is 0 Å². The topological polar surface area (TPSA) is 72.8 Å². The summed E-state index contributed by atoms with van der Waals surface area (Å²) in [6.45, 7) is 21.1. The molecule has 5 saturated carbocycles. The molecule has 5 aliphatic carbocycles. The molecule has 49 heavy (non-hydrogen) atoms. The smallest absolute Gasteiger partial charge is 0.317 e. The Balaban J connectivity index is 1.14. The molecule has 1 saturated heterocycles. The lowest BCUT2D eigenvalue weighted by Crippen LogP contribution is -2.67. The Bertz CT molecular complexity index is 1260. The highest BCUT2D eigenvalue weighted by atomic mass is 16.6. The Morgan fingerprint density at radius 3 is 2.08 bits per heavy atom. The van der Waals surface area contributed by atoms with E-state index in [1.54, 1.807) is 0 Å². The third kappa shape index (κ3) is 5.62. The minimum absolute atomic E-state index is 0.0106. The number of aliphatic hydroxyl groups excluding tert-OH is 1. The SMILES string of the molecule is C=C(C)C12CC(OC(=O)CCCCCCCCCCCCC)C3(CCC4(C)C(CCC5C6(C)CCC(O)C(C)(C)C6CCC54C)C13)C(=O)O2. The Morgan fingerprint density at radius 2 is 1.45 bits per heavy atom. The molecule has 11 atom stereocenters. The van der Waals surface area contributed by atoms with E-state index in [0.29, 0.717) is 30.6 Å². The van der Waals surface area contributed by atoms with Crippen molar-refractivity contribution >= 4 is 11.9 Å². The standard InChI is InChI=1S/C44H72O5/c1-9-10-11-12-13-14-15-16-17-18-19-20-36(46)48-35-29-44(30(2)3)37-31-21-22-33-40(6)25-24-34(45)39(4,5)32(40)23-26-42(33,8)41(31,7)27-28-43(35,37)38(47)49-44/h31-35,37,45H,2,9-29H2,1,3-8H3. The number of carbonyl (C=O) groups excluding carboxylic acids is 2. The van der Waals surface area contributed by atoms with E-state index >= 15 is 0 Å². The minimum atomic E-state index is -0.753. The van der Waals surface area contributed by atoms with Crippen molar-refractivity contribution < 1.29 is 24.2 Å². The number of hydrogen-bond acceptors (Lipinski definition) is 5. The predicted molar refractivity (Wildman–Crippen MR) is 197 cm³/mol. The van der Waals surface area contributed by atoms with E-state index < -0.39 is 17.1 Å². The van der Waals surface area contributed by atoms with Crippen LogP contribution in [0, 0.1) is 50.7 Å². The number of hydrogen-bond donors (Lipinski definition) is 1. The number of esters is 2. The molecule has 278 valence electrons. The van der Waals surface area contributed by atoms with Crippen molar-refractivity contribution in [2.45, 2.75) is 201 Å². The number of unbranched alkanes of at least 4 members (excludes halogenated alkanes) is 10. The van der Waals surface area contributed by atoms with Crippen molar-refractivity contribution in [3.63, 3.8) is 0 Å². The summed E-state index contributed by atoms with van der Waals surface area (Å²) in [5.41, 5.74) is -0.235. The maximum Gasteiger partial charge on any atom is 0.317 e. The molecule has 5 nitrogen and oxygen atoms in total. The van der Waals surface area contributed by atoms with Gasteiger partial charge < -0.3 is 14.6 Å². The van der Waals surface area contributed by atoms with Crippen molar-refractivity contribution in [2.24, 2.45) is 50.7 Å². The maximum atomic E-state index is 14.2. The van der Waals surface area contributed by atoms with Crippen LogP contribution >= 0.6 is 0 Å². The molecule has 0 aromatic carbocycles. The van der Waals surface area contributed by atoms with Crippen LogP contribution in [0.5, 0.6) is 0 Å². The zero-order chi connectivity index (χ0) is 35.5. The lowest BCUT2D eigenvalue weighted by molar-refractivity contribution is -0.247. The Morgan fingerprint density at radius 1 is 0.816 bits per heavy atom. The fourth-order valence-electron chi connectivity index (χ4n) is 14.2. The van der Waals surface area contributed by atoms with Crippen LogP contribution in [0.3, 0.4) is 0 Å². The van der Waals surface area contributed by atoms with E-state index in [1.165, 1.54) is 64.2 Å². The van der Waals surface area contributed by atoms with Gasteiger partial charge in [-0.15, -0.1) is 0 Å². The first-order valence-electron chi connectivity index (χ1n) is 20.9. The Hall–Kier alpha value is -1.36. The van der Waals surface area contributed by atoms with Gasteiger partial charge >= 0.3 is 11.9 Å². The summed E-state index contributed by atoms with van der Waals surface area (Å²) in [7, 11) is 0. The number of rotatable bonds is 14. The molecular formula is C44H72O5. The summed E-state index contributed by atoms with van der Waals surface area (Å²) >= 11 is 0. The highest BCUT2D eigenvalue weighted by Gasteiger charge is 2.82. The van der Waals surface area contributed by atoms with Gasteiger partial charge in [-0.1, -0.05) is 112 Å². The van der Waals surface area contributed by atoms with Gasteiger partial charge in [-0.05, 0) is 110 Å². The molecule has 2 bridgehead atoms. The average molecular weight is 681 g/mol. The molecule has 11 unspecified atom stereocenters. The van der Waals surface area contributed by atoms with Crippen LogP contribution in [0.25, 0.3) is 0 Å². The van der Waals surface area contributed by atoms with Crippen LogP contribution in [0.2, 0.25) is 0 Å². The molecule has 5 heteroatoms. The van der Waals surface area contributed by atoms with Crippen LogP contribution in [0.1, 0.15) is 183 Å². The second-order valence-corrected chi connectivity index (χ2v) is 19.6. The third-order valence-electron chi connectivity index (χ3n) is 17.1. The molecule has 1 aliphatic heterocycles. The van der Waals surface area contributed by atoms with Gasteiger partial charge in [-0.25, -0.2) is 0 Å². The van der Waals surface area contributed by atoms with Crippen LogP contribution in [-0.4, -0.2) is 34.9 Å². The predicted octanol–water partition coefficient (Wildman–Crippen LogP) is 10.9. The lowest BCUT2D eigenvalue weighted by Gasteiger charge is -2.72. The van der Waals surface area contributed by atoms with Gasteiger partial charge in [-0.3, -0.25) is 9.59 Å². The summed E-state index contributed by atoms with van der Waals surface area (Å²) in [6.07, 6.45) is 22.4. The molecule has 1 N–H and O–H groups in total. The Labute approximate surface area is 299 Å². The lowest BCUT2D eigenvalue weighted by atomic mass is 9.32. The van der Waals surface area contributed by atoms with Gasteiger partial charge in [0.1, 0.15) is 17.1 Å². The van der Waals surface area contributed by atoms with E-state index in [0.717, 1.165) is 63.4 Å². The number of ether oxygens (including phenoxy) is 2. The molecule has 0 radical (unpaired) electrons. The van der Waals surface area contributed by atoms with Crippen molar-refractivity contribution in [3.05, 3.63) is 12.2 Å². The van der Waals surface area contributed by atoms with Gasteiger partial charge in [0.25, 0.3) is 0 Å². The molecule has 6 aliphatic rings. The van der Waals surface area contributed by atoms with Crippen LogP contribution in [0.15, 0.2) is 12.2 Å². The highest BCUT2D eigenvalue weighted by molar-refractivity contribution is 5.85. The van der Waals surface area contributed by atoms with E-state index in [-0.39, 0.29) is 45.6 Å².